The Hall–Kier alpha value is -0.340. The summed E-state index contributed by atoms with van der Waals surface area (Å²) in [5, 5.41) is 0. The standard InChI is InChI=1S/C21H40O2/c1-4-7-8-9-10-11-15-18-21(22-5-2,23-6-3)19-20-16-13-12-14-17-20/h16H,4-15,17-19H2,1-3H3. The Bertz CT molecular complexity index is 303. The summed E-state index contributed by atoms with van der Waals surface area (Å²) >= 11 is 0. The van der Waals surface area contributed by atoms with Crippen LogP contribution in [0.2, 0.25) is 0 Å². The lowest BCUT2D eigenvalue weighted by Gasteiger charge is -2.35. The van der Waals surface area contributed by atoms with Crippen molar-refractivity contribution in [2.24, 2.45) is 0 Å². The molecular weight excluding hydrogens is 284 g/mol. The Morgan fingerprint density at radius 2 is 1.52 bits per heavy atom. The fraction of sp³-hybridized carbons (Fsp3) is 0.905. The van der Waals surface area contributed by atoms with Crippen molar-refractivity contribution in [3.63, 3.8) is 0 Å². The van der Waals surface area contributed by atoms with E-state index in [0.717, 1.165) is 26.1 Å². The molecule has 2 heteroatoms. The van der Waals surface area contributed by atoms with E-state index in [1.54, 1.807) is 5.57 Å². The number of hydrogen-bond donors (Lipinski definition) is 0. The van der Waals surface area contributed by atoms with Crippen LogP contribution < -0.4 is 0 Å². The van der Waals surface area contributed by atoms with Gasteiger partial charge in [-0.05, 0) is 46.0 Å². The van der Waals surface area contributed by atoms with Gasteiger partial charge in [0, 0.05) is 26.1 Å². The number of hydrogen-bond acceptors (Lipinski definition) is 2. The van der Waals surface area contributed by atoms with Gasteiger partial charge >= 0.3 is 0 Å². The average molecular weight is 325 g/mol. The zero-order valence-corrected chi connectivity index (χ0v) is 16.0. The Balaban J connectivity index is 2.44. The van der Waals surface area contributed by atoms with Crippen LogP contribution in [0.1, 0.15) is 104 Å². The number of ether oxygens (including phenoxy) is 2. The van der Waals surface area contributed by atoms with E-state index in [1.165, 1.54) is 70.6 Å². The van der Waals surface area contributed by atoms with Gasteiger partial charge in [-0.3, -0.25) is 0 Å². The molecule has 1 rings (SSSR count). The highest BCUT2D eigenvalue weighted by Gasteiger charge is 2.32. The molecule has 0 aromatic heterocycles. The average Bonchev–Trinajstić information content (AvgIpc) is 2.55. The Labute approximate surface area is 145 Å². The fourth-order valence-electron chi connectivity index (χ4n) is 3.67. The van der Waals surface area contributed by atoms with E-state index in [-0.39, 0.29) is 5.79 Å². The predicted octanol–water partition coefficient (Wildman–Crippen LogP) is 6.79. The van der Waals surface area contributed by atoms with Crippen molar-refractivity contribution in [2.75, 3.05) is 13.2 Å². The molecule has 0 radical (unpaired) electrons. The third-order valence-corrected chi connectivity index (χ3v) is 4.86. The van der Waals surface area contributed by atoms with Crippen LogP contribution in [0.3, 0.4) is 0 Å². The van der Waals surface area contributed by atoms with Gasteiger partial charge in [0.05, 0.1) is 0 Å². The van der Waals surface area contributed by atoms with Crippen molar-refractivity contribution in [2.45, 2.75) is 110 Å². The molecule has 23 heavy (non-hydrogen) atoms. The second-order valence-electron chi connectivity index (χ2n) is 6.93. The summed E-state index contributed by atoms with van der Waals surface area (Å²) in [5.74, 6) is -0.365. The summed E-state index contributed by atoms with van der Waals surface area (Å²) in [6.45, 7) is 7.94. The molecule has 0 bridgehead atoms. The van der Waals surface area contributed by atoms with Gasteiger partial charge in [-0.25, -0.2) is 0 Å². The summed E-state index contributed by atoms with van der Waals surface area (Å²) in [6, 6.07) is 0. The minimum Gasteiger partial charge on any atom is -0.350 e. The first-order chi connectivity index (χ1) is 11.3. The summed E-state index contributed by atoms with van der Waals surface area (Å²) < 4.78 is 12.3. The lowest BCUT2D eigenvalue weighted by atomic mass is 9.91. The minimum absolute atomic E-state index is 0.365. The van der Waals surface area contributed by atoms with Crippen LogP contribution in [0.4, 0.5) is 0 Å². The van der Waals surface area contributed by atoms with Crippen LogP contribution in [-0.2, 0) is 9.47 Å². The third-order valence-electron chi connectivity index (χ3n) is 4.86. The highest BCUT2D eigenvalue weighted by Crippen LogP contribution is 2.33. The Morgan fingerprint density at radius 1 is 0.870 bits per heavy atom. The first-order valence-electron chi connectivity index (χ1n) is 10.2. The molecule has 0 aromatic rings. The molecule has 0 fully saturated rings. The second kappa shape index (κ2) is 13.0. The SMILES string of the molecule is CCCCCCCCCC(CC1=CCCCC1)(OCC)OCC. The van der Waals surface area contributed by atoms with E-state index in [9.17, 15) is 0 Å². The number of allylic oxidation sites excluding steroid dienone is 1. The third kappa shape index (κ3) is 8.91. The van der Waals surface area contributed by atoms with E-state index in [0.29, 0.717) is 0 Å². The maximum absolute atomic E-state index is 6.15. The molecule has 0 unspecified atom stereocenters. The van der Waals surface area contributed by atoms with Crippen LogP contribution in [-0.4, -0.2) is 19.0 Å². The quantitative estimate of drug-likeness (QED) is 0.199. The molecular formula is C21H40O2. The zero-order valence-electron chi connectivity index (χ0n) is 16.0. The van der Waals surface area contributed by atoms with Crippen LogP contribution in [0.5, 0.6) is 0 Å². The molecule has 0 N–H and O–H groups in total. The first kappa shape index (κ1) is 20.7. The van der Waals surface area contributed by atoms with Crippen molar-refractivity contribution in [1.82, 2.24) is 0 Å². The van der Waals surface area contributed by atoms with E-state index < -0.39 is 0 Å². The van der Waals surface area contributed by atoms with E-state index >= 15 is 0 Å². The summed E-state index contributed by atoms with van der Waals surface area (Å²) in [7, 11) is 0. The van der Waals surface area contributed by atoms with Crippen LogP contribution in [0, 0.1) is 0 Å². The maximum Gasteiger partial charge on any atom is 0.171 e. The van der Waals surface area contributed by atoms with Crippen LogP contribution in [0.25, 0.3) is 0 Å². The van der Waals surface area contributed by atoms with Crippen LogP contribution >= 0.6 is 0 Å². The smallest absolute Gasteiger partial charge is 0.171 e. The number of unbranched alkanes of at least 4 members (excludes halogenated alkanes) is 6. The van der Waals surface area contributed by atoms with E-state index in [2.05, 4.69) is 26.8 Å². The fourth-order valence-corrected chi connectivity index (χ4v) is 3.67. The molecule has 0 saturated heterocycles. The van der Waals surface area contributed by atoms with Gasteiger partial charge in [0.15, 0.2) is 5.79 Å². The van der Waals surface area contributed by atoms with Gasteiger partial charge in [0.1, 0.15) is 0 Å². The molecule has 0 aliphatic heterocycles. The molecule has 0 atom stereocenters. The van der Waals surface area contributed by atoms with E-state index in [1.807, 2.05) is 0 Å². The second-order valence-corrected chi connectivity index (χ2v) is 6.93. The number of rotatable bonds is 14. The normalized spacial score (nSPS) is 15.7. The van der Waals surface area contributed by atoms with Gasteiger partial charge < -0.3 is 9.47 Å². The van der Waals surface area contributed by atoms with Gasteiger partial charge in [0.25, 0.3) is 0 Å². The van der Waals surface area contributed by atoms with Gasteiger partial charge in [-0.2, -0.15) is 0 Å². The Kier molecular flexibility index (Phi) is 11.7. The Morgan fingerprint density at radius 3 is 2.09 bits per heavy atom. The first-order valence-corrected chi connectivity index (χ1v) is 10.2. The molecule has 2 nitrogen and oxygen atoms in total. The molecule has 1 aliphatic carbocycles. The van der Waals surface area contributed by atoms with Crippen molar-refractivity contribution in [3.05, 3.63) is 11.6 Å². The molecule has 0 heterocycles. The molecule has 0 amide bonds. The zero-order chi connectivity index (χ0) is 16.8. The summed E-state index contributed by atoms with van der Waals surface area (Å²) in [4.78, 5) is 0. The predicted molar refractivity (Wildman–Crippen MR) is 99.8 cm³/mol. The summed E-state index contributed by atoms with van der Waals surface area (Å²) in [6.07, 6.45) is 19.0. The molecule has 0 spiro atoms. The van der Waals surface area contributed by atoms with Crippen molar-refractivity contribution in [1.29, 1.82) is 0 Å². The van der Waals surface area contributed by atoms with Gasteiger partial charge in [-0.15, -0.1) is 0 Å². The van der Waals surface area contributed by atoms with Crippen LogP contribution in [0.15, 0.2) is 11.6 Å². The lowest BCUT2D eigenvalue weighted by molar-refractivity contribution is -0.236. The summed E-state index contributed by atoms with van der Waals surface area (Å²) in [5.41, 5.74) is 1.56. The topological polar surface area (TPSA) is 18.5 Å². The maximum atomic E-state index is 6.15. The largest absolute Gasteiger partial charge is 0.350 e. The molecule has 136 valence electrons. The minimum atomic E-state index is -0.365. The molecule has 0 saturated carbocycles. The van der Waals surface area contributed by atoms with Crippen molar-refractivity contribution >= 4 is 0 Å². The molecule has 0 aromatic carbocycles. The lowest BCUT2D eigenvalue weighted by Crippen LogP contribution is -2.37. The van der Waals surface area contributed by atoms with Crippen molar-refractivity contribution < 1.29 is 9.47 Å². The molecule has 1 aliphatic rings. The highest BCUT2D eigenvalue weighted by molar-refractivity contribution is 5.08. The van der Waals surface area contributed by atoms with E-state index in [4.69, 9.17) is 9.47 Å². The van der Waals surface area contributed by atoms with Gasteiger partial charge in [-0.1, -0.05) is 57.1 Å². The van der Waals surface area contributed by atoms with Gasteiger partial charge in [0.2, 0.25) is 0 Å². The highest BCUT2D eigenvalue weighted by atomic mass is 16.7. The monoisotopic (exact) mass is 324 g/mol. The van der Waals surface area contributed by atoms with Crippen molar-refractivity contribution in [3.8, 4) is 0 Å².